The van der Waals surface area contributed by atoms with Gasteiger partial charge in [0.05, 0.1) is 23.9 Å². The summed E-state index contributed by atoms with van der Waals surface area (Å²) in [5, 5.41) is 13.9. The number of aliphatic hydroxyl groups excluding tert-OH is 1. The Labute approximate surface area is 167 Å². The van der Waals surface area contributed by atoms with Crippen molar-refractivity contribution in [2.75, 3.05) is 13.2 Å². The molecular formula is C23H20N2O4. The van der Waals surface area contributed by atoms with E-state index in [1.165, 1.54) is 6.08 Å². The molecule has 0 saturated carbocycles. The van der Waals surface area contributed by atoms with E-state index in [1.54, 1.807) is 6.20 Å². The molecule has 0 aliphatic rings. The lowest BCUT2D eigenvalue weighted by Crippen LogP contribution is -2.18. The summed E-state index contributed by atoms with van der Waals surface area (Å²) in [6.45, 7) is 0.368. The van der Waals surface area contributed by atoms with E-state index < -0.39 is 5.97 Å². The zero-order chi connectivity index (χ0) is 20.1. The highest BCUT2D eigenvalue weighted by Crippen LogP contribution is 2.29. The van der Waals surface area contributed by atoms with Crippen LogP contribution in [0.1, 0.15) is 11.3 Å². The van der Waals surface area contributed by atoms with E-state index in [-0.39, 0.29) is 19.8 Å². The summed E-state index contributed by atoms with van der Waals surface area (Å²) in [4.78, 5) is 16.8. The summed E-state index contributed by atoms with van der Waals surface area (Å²) in [6, 6.07) is 19.0. The number of hydrogen-bond acceptors (Lipinski definition) is 6. The normalized spacial score (nSPS) is 11.7. The third kappa shape index (κ3) is 4.28. The fourth-order valence-corrected chi connectivity index (χ4v) is 3.05. The van der Waals surface area contributed by atoms with Gasteiger partial charge in [0.1, 0.15) is 12.2 Å². The molecule has 2 aromatic heterocycles. The van der Waals surface area contributed by atoms with Crippen LogP contribution >= 0.6 is 0 Å². The molecule has 6 heteroatoms. The lowest BCUT2D eigenvalue weighted by atomic mass is 10.2. The highest BCUT2D eigenvalue weighted by atomic mass is 16.5. The molecule has 4 rings (SSSR count). The molecule has 6 nitrogen and oxygen atoms in total. The van der Waals surface area contributed by atoms with Gasteiger partial charge in [-0.1, -0.05) is 42.5 Å². The first-order chi connectivity index (χ1) is 14.2. The molecular weight excluding hydrogens is 368 g/mol. The number of pyridine rings is 1. The first kappa shape index (κ1) is 18.7. The maximum atomic E-state index is 12.3. The maximum absolute atomic E-state index is 12.3. The second-order valence-corrected chi connectivity index (χ2v) is 6.47. The van der Waals surface area contributed by atoms with Gasteiger partial charge in [0.2, 0.25) is 0 Å². The zero-order valence-corrected chi connectivity index (χ0v) is 15.7. The maximum Gasteiger partial charge on any atom is 0.333 e. The molecule has 0 amide bonds. The predicted octanol–water partition coefficient (Wildman–Crippen LogP) is 3.65. The first-order valence-electron chi connectivity index (χ1n) is 9.29. The monoisotopic (exact) mass is 388 g/mol. The van der Waals surface area contributed by atoms with Crippen LogP contribution in [0.2, 0.25) is 0 Å². The van der Waals surface area contributed by atoms with Gasteiger partial charge >= 0.3 is 5.97 Å². The van der Waals surface area contributed by atoms with Crippen molar-refractivity contribution in [3.8, 4) is 0 Å². The summed E-state index contributed by atoms with van der Waals surface area (Å²) in [5.74, 6) is -0.0269. The number of rotatable bonds is 7. The van der Waals surface area contributed by atoms with E-state index in [0.29, 0.717) is 17.0 Å². The van der Waals surface area contributed by atoms with Gasteiger partial charge in [-0.3, -0.25) is 4.98 Å². The molecule has 0 aliphatic heterocycles. The molecule has 0 bridgehead atoms. The summed E-state index contributed by atoms with van der Waals surface area (Å²) in [7, 11) is 0. The number of ether oxygens (including phenoxy) is 1. The number of aliphatic hydroxyl groups is 1. The molecule has 0 radical (unpaired) electrons. The minimum absolute atomic E-state index is 0.0822. The summed E-state index contributed by atoms with van der Waals surface area (Å²) in [5.41, 5.74) is 2.87. The van der Waals surface area contributed by atoms with Gasteiger partial charge in [0.25, 0.3) is 0 Å². The molecule has 4 aromatic rings. The van der Waals surface area contributed by atoms with E-state index in [4.69, 9.17) is 9.15 Å². The van der Waals surface area contributed by atoms with E-state index in [0.717, 1.165) is 21.9 Å². The quantitative estimate of drug-likeness (QED) is 0.371. The third-order valence-electron chi connectivity index (χ3n) is 4.43. The summed E-state index contributed by atoms with van der Waals surface area (Å²) in [6.07, 6.45) is 3.08. The minimum atomic E-state index is -0.502. The van der Waals surface area contributed by atoms with Crippen molar-refractivity contribution in [2.24, 2.45) is 0 Å². The van der Waals surface area contributed by atoms with Gasteiger partial charge in [0, 0.05) is 23.5 Å². The van der Waals surface area contributed by atoms with Crippen LogP contribution < -0.4 is 5.32 Å². The van der Waals surface area contributed by atoms with Crippen LogP contribution in [0.5, 0.6) is 0 Å². The second-order valence-electron chi connectivity index (χ2n) is 6.47. The molecule has 146 valence electrons. The van der Waals surface area contributed by atoms with E-state index >= 15 is 0 Å². The van der Waals surface area contributed by atoms with Gasteiger partial charge in [-0.05, 0) is 23.8 Å². The van der Waals surface area contributed by atoms with Crippen molar-refractivity contribution in [2.45, 2.75) is 6.61 Å². The van der Waals surface area contributed by atoms with Crippen LogP contribution in [0, 0.1) is 0 Å². The lowest BCUT2D eigenvalue weighted by Gasteiger charge is -2.08. The van der Waals surface area contributed by atoms with Gasteiger partial charge in [0.15, 0.2) is 5.76 Å². The third-order valence-corrected chi connectivity index (χ3v) is 4.43. The fraction of sp³-hybridized carbons (Fsp3) is 0.130. The average Bonchev–Trinajstić information content (AvgIpc) is 3.21. The highest BCUT2D eigenvalue weighted by molar-refractivity contribution is 6.03. The van der Waals surface area contributed by atoms with Crippen molar-refractivity contribution >= 4 is 33.5 Å². The Bertz CT molecular complexity index is 1170. The van der Waals surface area contributed by atoms with Crippen molar-refractivity contribution in [1.82, 2.24) is 10.3 Å². The predicted molar refractivity (Wildman–Crippen MR) is 111 cm³/mol. The van der Waals surface area contributed by atoms with Crippen molar-refractivity contribution in [3.05, 3.63) is 84.3 Å². The number of nitrogens with one attached hydrogen (secondary N) is 1. The standard InChI is InChI=1S/C23H20N2O4/c26-11-10-24-20(13-22(27)28-15-16-6-2-1-3-7-16)21-12-17-14-25-19-9-5-4-8-18(19)23(17)29-21/h1-9,12-14,24,26H,10-11,15H2/b20-13-. The number of benzene rings is 2. The summed E-state index contributed by atoms with van der Waals surface area (Å²) >= 11 is 0. The Morgan fingerprint density at radius 3 is 2.76 bits per heavy atom. The van der Waals surface area contributed by atoms with Crippen molar-refractivity contribution in [1.29, 1.82) is 0 Å². The number of fused-ring (bicyclic) bond motifs is 3. The largest absolute Gasteiger partial charge is 0.458 e. The van der Waals surface area contributed by atoms with Gasteiger partial charge in [-0.2, -0.15) is 0 Å². The number of furan rings is 1. The number of esters is 1. The number of aromatic nitrogens is 1. The Balaban J connectivity index is 1.62. The Morgan fingerprint density at radius 2 is 1.93 bits per heavy atom. The Kier molecular flexibility index (Phi) is 5.54. The molecule has 0 atom stereocenters. The Hall–Kier alpha value is -3.64. The summed E-state index contributed by atoms with van der Waals surface area (Å²) < 4.78 is 11.4. The lowest BCUT2D eigenvalue weighted by molar-refractivity contribution is -0.138. The molecule has 0 unspecified atom stereocenters. The van der Waals surface area contributed by atoms with Crippen LogP contribution in [0.15, 0.2) is 77.4 Å². The van der Waals surface area contributed by atoms with E-state index in [2.05, 4.69) is 10.3 Å². The number of para-hydroxylation sites is 1. The van der Waals surface area contributed by atoms with Crippen LogP contribution in [0.25, 0.3) is 27.6 Å². The highest BCUT2D eigenvalue weighted by Gasteiger charge is 2.14. The van der Waals surface area contributed by atoms with Gasteiger partial charge in [-0.25, -0.2) is 4.79 Å². The zero-order valence-electron chi connectivity index (χ0n) is 15.7. The van der Waals surface area contributed by atoms with Crippen LogP contribution in [-0.2, 0) is 16.1 Å². The van der Waals surface area contributed by atoms with Crippen molar-refractivity contribution in [3.63, 3.8) is 0 Å². The molecule has 2 aromatic carbocycles. The van der Waals surface area contributed by atoms with Gasteiger partial charge < -0.3 is 19.6 Å². The van der Waals surface area contributed by atoms with E-state index in [1.807, 2.05) is 60.7 Å². The number of carbonyl (C=O) groups excluding carboxylic acids is 1. The van der Waals surface area contributed by atoms with Gasteiger partial charge in [-0.15, -0.1) is 0 Å². The molecule has 29 heavy (non-hydrogen) atoms. The number of carbonyl (C=O) groups is 1. The SMILES string of the molecule is O=C(/C=C(\NCCO)c1cc2cnc3ccccc3c2o1)OCc1ccccc1. The topological polar surface area (TPSA) is 84.6 Å². The van der Waals surface area contributed by atoms with Crippen LogP contribution in [0.3, 0.4) is 0 Å². The number of nitrogens with zero attached hydrogens (tertiary/aromatic N) is 1. The Morgan fingerprint density at radius 1 is 1.14 bits per heavy atom. The fourth-order valence-electron chi connectivity index (χ4n) is 3.05. The smallest absolute Gasteiger partial charge is 0.333 e. The molecule has 0 aliphatic carbocycles. The number of hydrogen-bond donors (Lipinski definition) is 2. The average molecular weight is 388 g/mol. The first-order valence-corrected chi connectivity index (χ1v) is 9.29. The molecule has 0 saturated heterocycles. The molecule has 0 fully saturated rings. The second kappa shape index (κ2) is 8.58. The van der Waals surface area contributed by atoms with Crippen LogP contribution in [0.4, 0.5) is 0 Å². The molecule has 2 heterocycles. The van der Waals surface area contributed by atoms with Crippen LogP contribution in [-0.4, -0.2) is 29.2 Å². The molecule has 2 N–H and O–H groups in total. The van der Waals surface area contributed by atoms with Crippen molar-refractivity contribution < 1.29 is 19.1 Å². The minimum Gasteiger partial charge on any atom is -0.458 e. The van der Waals surface area contributed by atoms with E-state index in [9.17, 15) is 9.90 Å². The molecule has 0 spiro atoms.